The maximum absolute atomic E-state index is 12.7. The van der Waals surface area contributed by atoms with Crippen LogP contribution in [0, 0.1) is 10.1 Å². The number of esters is 1. The van der Waals surface area contributed by atoms with Gasteiger partial charge in [0.1, 0.15) is 11.5 Å². The Kier molecular flexibility index (Phi) is 6.09. The number of ether oxygens (including phenoxy) is 3. The highest BCUT2D eigenvalue weighted by molar-refractivity contribution is 5.90. The Bertz CT molecular complexity index is 934. The molecule has 0 fully saturated rings. The van der Waals surface area contributed by atoms with Crippen molar-refractivity contribution in [2.75, 3.05) is 14.2 Å². The van der Waals surface area contributed by atoms with Crippen LogP contribution in [0.3, 0.4) is 0 Å². The number of benzene rings is 3. The molecule has 0 atom stereocenters. The van der Waals surface area contributed by atoms with E-state index in [1.807, 2.05) is 24.3 Å². The second-order valence-corrected chi connectivity index (χ2v) is 6.14. The average molecular weight is 393 g/mol. The van der Waals surface area contributed by atoms with Gasteiger partial charge in [-0.3, -0.25) is 10.1 Å². The van der Waals surface area contributed by atoms with Crippen molar-refractivity contribution in [3.63, 3.8) is 0 Å². The summed E-state index contributed by atoms with van der Waals surface area (Å²) in [5.41, 5.74) is 1.64. The molecule has 0 radical (unpaired) electrons. The smallest absolute Gasteiger partial charge is 0.339 e. The molecule has 0 saturated heterocycles. The van der Waals surface area contributed by atoms with Gasteiger partial charge in [-0.25, -0.2) is 4.79 Å². The van der Waals surface area contributed by atoms with E-state index in [9.17, 15) is 14.9 Å². The van der Waals surface area contributed by atoms with E-state index in [2.05, 4.69) is 0 Å². The molecule has 0 amide bonds. The van der Waals surface area contributed by atoms with Gasteiger partial charge in [0.05, 0.1) is 24.7 Å². The van der Waals surface area contributed by atoms with Crippen molar-refractivity contribution < 1.29 is 23.9 Å². The van der Waals surface area contributed by atoms with Crippen LogP contribution >= 0.6 is 0 Å². The zero-order valence-electron chi connectivity index (χ0n) is 15.9. The standard InChI is InChI=1S/C22H19NO6/c1-27-19-11-5-15(6-12-19)21(16-7-13-20(28-2)14-8-16)29-22(24)17-3-9-18(10-4-17)23(25)26/h3-14,21H,1-2H3. The van der Waals surface area contributed by atoms with Gasteiger partial charge in [-0.15, -0.1) is 0 Å². The van der Waals surface area contributed by atoms with Crippen LogP contribution in [-0.2, 0) is 4.74 Å². The number of nitro benzene ring substituents is 1. The maximum Gasteiger partial charge on any atom is 0.339 e. The van der Waals surface area contributed by atoms with Crippen molar-refractivity contribution >= 4 is 11.7 Å². The average Bonchev–Trinajstić information content (AvgIpc) is 2.77. The second kappa shape index (κ2) is 8.88. The van der Waals surface area contributed by atoms with Crippen LogP contribution in [0.2, 0.25) is 0 Å². The summed E-state index contributed by atoms with van der Waals surface area (Å²) in [6, 6.07) is 19.7. The first kappa shape index (κ1) is 19.9. The van der Waals surface area contributed by atoms with Gasteiger partial charge in [-0.05, 0) is 47.5 Å². The number of non-ortho nitro benzene ring substituents is 1. The third-order valence-corrected chi connectivity index (χ3v) is 4.38. The summed E-state index contributed by atoms with van der Waals surface area (Å²) in [6.07, 6.45) is -0.672. The van der Waals surface area contributed by atoms with E-state index in [1.54, 1.807) is 38.5 Å². The van der Waals surface area contributed by atoms with Crippen LogP contribution in [0.1, 0.15) is 27.6 Å². The van der Waals surface area contributed by atoms with Gasteiger partial charge < -0.3 is 14.2 Å². The van der Waals surface area contributed by atoms with Gasteiger partial charge in [0.25, 0.3) is 5.69 Å². The molecule has 0 bridgehead atoms. The quantitative estimate of drug-likeness (QED) is 0.332. The number of carbonyl (C=O) groups is 1. The topological polar surface area (TPSA) is 87.9 Å². The van der Waals surface area contributed by atoms with Crippen molar-refractivity contribution in [1.29, 1.82) is 0 Å². The molecule has 0 unspecified atom stereocenters. The Morgan fingerprint density at radius 3 is 1.62 bits per heavy atom. The predicted octanol–water partition coefficient (Wildman–Crippen LogP) is 4.56. The molecule has 3 aromatic carbocycles. The molecule has 0 aliphatic heterocycles. The van der Waals surface area contributed by atoms with Crippen molar-refractivity contribution in [3.05, 3.63) is 99.6 Å². The molecule has 0 saturated carbocycles. The largest absolute Gasteiger partial charge is 0.497 e. The molecule has 0 aromatic heterocycles. The lowest BCUT2D eigenvalue weighted by Crippen LogP contribution is -2.13. The zero-order valence-corrected chi connectivity index (χ0v) is 15.9. The predicted molar refractivity (Wildman–Crippen MR) is 106 cm³/mol. The van der Waals surface area contributed by atoms with Gasteiger partial charge in [0, 0.05) is 12.1 Å². The summed E-state index contributed by atoms with van der Waals surface area (Å²) in [6.45, 7) is 0. The Balaban J connectivity index is 1.90. The molecular weight excluding hydrogens is 374 g/mol. The van der Waals surface area contributed by atoms with Crippen LogP contribution < -0.4 is 9.47 Å². The molecule has 3 aromatic rings. The molecule has 0 aliphatic rings. The molecule has 0 heterocycles. The number of hydrogen-bond donors (Lipinski definition) is 0. The summed E-state index contributed by atoms with van der Waals surface area (Å²) in [5.74, 6) is 0.782. The number of methoxy groups -OCH3 is 2. The molecule has 29 heavy (non-hydrogen) atoms. The molecule has 7 nitrogen and oxygen atoms in total. The Morgan fingerprint density at radius 2 is 1.24 bits per heavy atom. The normalized spacial score (nSPS) is 10.4. The van der Waals surface area contributed by atoms with E-state index in [0.29, 0.717) is 11.5 Å². The highest BCUT2D eigenvalue weighted by Crippen LogP contribution is 2.30. The minimum atomic E-state index is -0.672. The Hall–Kier alpha value is -3.87. The molecule has 3 rings (SSSR count). The van der Waals surface area contributed by atoms with E-state index in [-0.39, 0.29) is 11.3 Å². The van der Waals surface area contributed by atoms with Gasteiger partial charge in [-0.2, -0.15) is 0 Å². The van der Waals surface area contributed by atoms with Crippen LogP contribution in [-0.4, -0.2) is 25.1 Å². The monoisotopic (exact) mass is 393 g/mol. The fourth-order valence-corrected chi connectivity index (χ4v) is 2.78. The van der Waals surface area contributed by atoms with E-state index in [4.69, 9.17) is 14.2 Å². The van der Waals surface area contributed by atoms with Crippen molar-refractivity contribution in [2.45, 2.75) is 6.10 Å². The number of nitrogens with zero attached hydrogens (tertiary/aromatic N) is 1. The van der Waals surface area contributed by atoms with Crippen molar-refractivity contribution in [3.8, 4) is 11.5 Å². The highest BCUT2D eigenvalue weighted by atomic mass is 16.6. The summed E-state index contributed by atoms with van der Waals surface area (Å²) in [4.78, 5) is 23.0. The summed E-state index contributed by atoms with van der Waals surface area (Å²) < 4.78 is 16.1. The van der Waals surface area contributed by atoms with E-state index in [1.165, 1.54) is 24.3 Å². The Morgan fingerprint density at radius 1 is 0.793 bits per heavy atom. The number of carbonyl (C=O) groups excluding carboxylic acids is 1. The lowest BCUT2D eigenvalue weighted by atomic mass is 10.0. The molecule has 0 aliphatic carbocycles. The minimum Gasteiger partial charge on any atom is -0.497 e. The van der Waals surface area contributed by atoms with E-state index >= 15 is 0 Å². The SMILES string of the molecule is COc1ccc(C(OC(=O)c2ccc([N+](=O)[O-])cc2)c2ccc(OC)cc2)cc1. The minimum absolute atomic E-state index is 0.0941. The fourth-order valence-electron chi connectivity index (χ4n) is 2.78. The van der Waals surface area contributed by atoms with Gasteiger partial charge in [0.2, 0.25) is 0 Å². The van der Waals surface area contributed by atoms with Crippen LogP contribution in [0.15, 0.2) is 72.8 Å². The third kappa shape index (κ3) is 4.70. The van der Waals surface area contributed by atoms with Crippen molar-refractivity contribution in [1.82, 2.24) is 0 Å². The first-order valence-electron chi connectivity index (χ1n) is 8.75. The van der Waals surface area contributed by atoms with Crippen molar-refractivity contribution in [2.24, 2.45) is 0 Å². The zero-order chi connectivity index (χ0) is 20.8. The Labute approximate surface area is 167 Å². The molecule has 7 heteroatoms. The molecule has 0 spiro atoms. The van der Waals surface area contributed by atoms with E-state index < -0.39 is 17.0 Å². The molecular formula is C22H19NO6. The maximum atomic E-state index is 12.7. The van der Waals surface area contributed by atoms with Gasteiger partial charge in [0.15, 0.2) is 6.10 Å². The summed E-state index contributed by atoms with van der Waals surface area (Å²) in [5, 5.41) is 10.8. The number of hydrogen-bond acceptors (Lipinski definition) is 6. The molecule has 0 N–H and O–H groups in total. The molecule has 148 valence electrons. The number of nitro groups is 1. The van der Waals surface area contributed by atoms with Gasteiger partial charge >= 0.3 is 5.97 Å². The lowest BCUT2D eigenvalue weighted by Gasteiger charge is -2.19. The van der Waals surface area contributed by atoms with Crippen LogP contribution in [0.25, 0.3) is 0 Å². The summed E-state index contributed by atoms with van der Waals surface area (Å²) >= 11 is 0. The summed E-state index contributed by atoms with van der Waals surface area (Å²) in [7, 11) is 3.15. The third-order valence-electron chi connectivity index (χ3n) is 4.38. The lowest BCUT2D eigenvalue weighted by molar-refractivity contribution is -0.384. The van der Waals surface area contributed by atoms with Crippen LogP contribution in [0.4, 0.5) is 5.69 Å². The van der Waals surface area contributed by atoms with Crippen LogP contribution in [0.5, 0.6) is 11.5 Å². The first-order valence-corrected chi connectivity index (χ1v) is 8.75. The fraction of sp³-hybridized carbons (Fsp3) is 0.136. The second-order valence-electron chi connectivity index (χ2n) is 6.14. The first-order chi connectivity index (χ1) is 14.0. The highest BCUT2D eigenvalue weighted by Gasteiger charge is 2.21. The van der Waals surface area contributed by atoms with Gasteiger partial charge in [-0.1, -0.05) is 24.3 Å². The number of rotatable bonds is 7. The van der Waals surface area contributed by atoms with E-state index in [0.717, 1.165) is 11.1 Å².